The van der Waals surface area contributed by atoms with E-state index in [1.807, 2.05) is 29.8 Å². The van der Waals surface area contributed by atoms with E-state index >= 15 is 0 Å². The van der Waals surface area contributed by atoms with Crippen molar-refractivity contribution in [3.05, 3.63) is 156 Å². The Morgan fingerprint density at radius 1 is 0.710 bits per heavy atom. The maximum Gasteiger partial charge on any atom is 0.161 e. The van der Waals surface area contributed by atoms with E-state index in [1.54, 1.807) is 35.2 Å². The van der Waals surface area contributed by atoms with Crippen LogP contribution in [0.4, 0.5) is 29.2 Å². The van der Waals surface area contributed by atoms with E-state index in [9.17, 15) is 17.6 Å². The molecule has 0 bridgehead atoms. The van der Waals surface area contributed by atoms with Crippen molar-refractivity contribution in [1.82, 2.24) is 49.1 Å². The molecule has 0 spiro atoms. The van der Waals surface area contributed by atoms with Gasteiger partial charge in [-0.25, -0.2) is 27.5 Å². The smallest absolute Gasteiger partial charge is 0.161 e. The molecule has 0 amide bonds. The van der Waals surface area contributed by atoms with E-state index in [2.05, 4.69) is 70.1 Å². The summed E-state index contributed by atoms with van der Waals surface area (Å²) in [6.45, 7) is 3.05. The van der Waals surface area contributed by atoms with Crippen molar-refractivity contribution in [2.75, 3.05) is 23.7 Å². The molecule has 16 heteroatoms. The van der Waals surface area contributed by atoms with Gasteiger partial charge in [-0.15, -0.1) is 0 Å². The van der Waals surface area contributed by atoms with Gasteiger partial charge in [0.05, 0.1) is 41.7 Å². The number of hydrogen-bond acceptors (Lipinski definition) is 8. The van der Waals surface area contributed by atoms with Crippen molar-refractivity contribution >= 4 is 44.7 Å². The van der Waals surface area contributed by atoms with Crippen LogP contribution in [0.2, 0.25) is 0 Å². The molecule has 1 fully saturated rings. The quantitative estimate of drug-likeness (QED) is 0.0945. The zero-order valence-corrected chi connectivity index (χ0v) is 33.3. The zero-order chi connectivity index (χ0) is 42.3. The summed E-state index contributed by atoms with van der Waals surface area (Å²) < 4.78 is 58.7. The first-order valence-electron chi connectivity index (χ1n) is 20.2. The van der Waals surface area contributed by atoms with Gasteiger partial charge in [0.25, 0.3) is 0 Å². The van der Waals surface area contributed by atoms with E-state index in [0.29, 0.717) is 63.8 Å². The molecular weight excluding hydrogens is 797 g/mol. The molecule has 2 aromatic carbocycles. The highest BCUT2D eigenvalue weighted by Crippen LogP contribution is 2.42. The Morgan fingerprint density at radius 3 is 2.16 bits per heavy atom. The van der Waals surface area contributed by atoms with Crippen molar-refractivity contribution in [3.8, 4) is 22.5 Å². The standard InChI is InChI=1S/C24H21FN6.C22H17F3N6/c25-18-9-17(11-26-13-18)22-10-23(31-24(30-22)20(14-29-31)15-5-6-15)27-8-7-16-12-28-21-4-2-1-3-19(16)21;1-12-16(17-7-14(23)8-18(25)22(17)29-12)2-4-27-21-9-19(13-6-15(24)11-26-10-13)30-20-3-5-28-31(20)21/h1-4,9-15,27-28H,5-8H2;3,5-11,27,29H,2,4H2,1H3. The molecule has 11 rings (SSSR count). The SMILES string of the molecule is Cc1[nH]c2c(F)cc(F)cc2c1CCNc1cc(-c2cncc(F)c2)nc2ccnn12.Fc1cncc(-c2cc(NCCc3c[nH]c4ccccc34)n3ncc(C4CC4)c3n2)c1. The molecule has 0 aliphatic heterocycles. The van der Waals surface area contributed by atoms with Gasteiger partial charge in [-0.3, -0.25) is 9.97 Å². The van der Waals surface area contributed by atoms with Crippen LogP contribution in [0.15, 0.2) is 110 Å². The number of nitrogens with zero attached hydrogens (tertiary/aromatic N) is 8. The van der Waals surface area contributed by atoms with Gasteiger partial charge in [0.15, 0.2) is 11.3 Å². The molecule has 1 aliphatic carbocycles. The number of aromatic nitrogens is 10. The number of halogens is 4. The predicted molar refractivity (Wildman–Crippen MR) is 230 cm³/mol. The molecule has 310 valence electrons. The van der Waals surface area contributed by atoms with E-state index in [1.165, 1.54) is 35.3 Å². The molecule has 8 aromatic heterocycles. The Hall–Kier alpha value is -7.62. The number of hydrogen-bond donors (Lipinski definition) is 4. The fourth-order valence-corrected chi connectivity index (χ4v) is 7.93. The van der Waals surface area contributed by atoms with Crippen LogP contribution in [0.1, 0.15) is 41.1 Å². The number of pyridine rings is 2. The number of H-pyrrole nitrogens is 2. The molecule has 0 atom stereocenters. The van der Waals surface area contributed by atoms with Crippen molar-refractivity contribution in [1.29, 1.82) is 0 Å². The van der Waals surface area contributed by atoms with Gasteiger partial charge in [-0.2, -0.15) is 19.2 Å². The average Bonchev–Trinajstić information content (AvgIpc) is 3.55. The maximum absolute atomic E-state index is 14.1. The van der Waals surface area contributed by atoms with Gasteiger partial charge in [-0.05, 0) is 73.9 Å². The number of aromatic amines is 2. The van der Waals surface area contributed by atoms with Gasteiger partial charge in [-0.1, -0.05) is 18.2 Å². The van der Waals surface area contributed by atoms with Crippen molar-refractivity contribution < 1.29 is 17.6 Å². The van der Waals surface area contributed by atoms with Crippen LogP contribution >= 0.6 is 0 Å². The van der Waals surface area contributed by atoms with E-state index in [4.69, 9.17) is 4.98 Å². The molecule has 0 unspecified atom stereocenters. The lowest BCUT2D eigenvalue weighted by atomic mass is 10.1. The molecule has 1 saturated carbocycles. The van der Waals surface area contributed by atoms with Crippen LogP contribution in [0, 0.1) is 30.2 Å². The number of benzene rings is 2. The Bertz CT molecular complexity index is 3250. The third-order valence-corrected chi connectivity index (χ3v) is 11.1. The number of fused-ring (bicyclic) bond motifs is 4. The predicted octanol–water partition coefficient (Wildman–Crippen LogP) is 9.60. The zero-order valence-electron chi connectivity index (χ0n) is 33.3. The van der Waals surface area contributed by atoms with Crippen LogP contribution in [0.3, 0.4) is 0 Å². The first-order valence-corrected chi connectivity index (χ1v) is 20.2. The first-order chi connectivity index (χ1) is 30.3. The lowest BCUT2D eigenvalue weighted by molar-refractivity contribution is 0.591. The third kappa shape index (κ3) is 7.66. The summed E-state index contributed by atoms with van der Waals surface area (Å²) in [6.07, 6.45) is 14.8. The highest BCUT2D eigenvalue weighted by atomic mass is 19.1. The van der Waals surface area contributed by atoms with E-state index in [0.717, 1.165) is 71.9 Å². The summed E-state index contributed by atoms with van der Waals surface area (Å²) >= 11 is 0. The number of aryl methyl sites for hydroxylation is 1. The molecular formula is C46H38F4N12. The van der Waals surface area contributed by atoms with Crippen LogP contribution in [-0.2, 0) is 12.8 Å². The minimum atomic E-state index is -0.613. The van der Waals surface area contributed by atoms with Crippen molar-refractivity contribution in [2.45, 2.75) is 38.5 Å². The fraction of sp³-hybridized carbons (Fsp3) is 0.174. The second-order valence-electron chi connectivity index (χ2n) is 15.3. The summed E-state index contributed by atoms with van der Waals surface area (Å²) in [5.74, 6) is -0.0255. The molecule has 4 N–H and O–H groups in total. The summed E-state index contributed by atoms with van der Waals surface area (Å²) in [7, 11) is 0. The Balaban J connectivity index is 0.000000148. The van der Waals surface area contributed by atoms with Crippen LogP contribution < -0.4 is 10.6 Å². The third-order valence-electron chi connectivity index (χ3n) is 11.1. The minimum Gasteiger partial charge on any atom is -0.370 e. The largest absolute Gasteiger partial charge is 0.370 e. The normalized spacial score (nSPS) is 12.7. The second kappa shape index (κ2) is 16.1. The second-order valence-corrected chi connectivity index (χ2v) is 15.3. The molecule has 12 nitrogen and oxygen atoms in total. The van der Waals surface area contributed by atoms with E-state index in [-0.39, 0.29) is 5.82 Å². The number of para-hydroxylation sites is 1. The number of anilines is 2. The summed E-state index contributed by atoms with van der Waals surface area (Å²) in [6, 6.07) is 18.8. The Kier molecular flexibility index (Phi) is 10.0. The van der Waals surface area contributed by atoms with E-state index < -0.39 is 17.5 Å². The lowest BCUT2D eigenvalue weighted by Gasteiger charge is -2.11. The van der Waals surface area contributed by atoms with Gasteiger partial charge < -0.3 is 20.6 Å². The molecule has 1 aliphatic rings. The van der Waals surface area contributed by atoms with Crippen LogP contribution in [-0.4, -0.2) is 62.2 Å². The Morgan fingerprint density at radius 2 is 1.42 bits per heavy atom. The minimum absolute atomic E-state index is 0.299. The van der Waals surface area contributed by atoms with Gasteiger partial charge in [0, 0.05) is 94.6 Å². The summed E-state index contributed by atoms with van der Waals surface area (Å²) in [4.78, 5) is 23.5. The average molecular weight is 835 g/mol. The van der Waals surface area contributed by atoms with Gasteiger partial charge in [0.2, 0.25) is 0 Å². The highest BCUT2D eigenvalue weighted by Gasteiger charge is 2.28. The van der Waals surface area contributed by atoms with Crippen LogP contribution in [0.5, 0.6) is 0 Å². The fourth-order valence-electron chi connectivity index (χ4n) is 7.93. The van der Waals surface area contributed by atoms with Gasteiger partial charge >= 0.3 is 0 Å². The molecule has 0 saturated heterocycles. The highest BCUT2D eigenvalue weighted by molar-refractivity contribution is 5.85. The lowest BCUT2D eigenvalue weighted by Crippen LogP contribution is -2.10. The monoisotopic (exact) mass is 834 g/mol. The molecule has 10 aromatic rings. The topological polar surface area (TPSA) is 142 Å². The van der Waals surface area contributed by atoms with Crippen molar-refractivity contribution in [2.24, 2.45) is 0 Å². The van der Waals surface area contributed by atoms with Gasteiger partial charge in [0.1, 0.15) is 34.9 Å². The number of rotatable bonds is 11. The summed E-state index contributed by atoms with van der Waals surface area (Å²) in [5.41, 5.74) is 9.36. The molecule has 62 heavy (non-hydrogen) atoms. The molecule has 8 heterocycles. The number of nitrogens with one attached hydrogen (secondary N) is 4. The summed E-state index contributed by atoms with van der Waals surface area (Å²) in [5, 5.41) is 17.5. The maximum atomic E-state index is 14.1. The van der Waals surface area contributed by atoms with Crippen molar-refractivity contribution in [3.63, 3.8) is 0 Å². The van der Waals surface area contributed by atoms with Crippen LogP contribution in [0.25, 0.3) is 55.6 Å². The Labute approximate surface area is 351 Å². The molecule has 0 radical (unpaired) electrons. The first kappa shape index (κ1) is 38.6.